The molecule has 3 aromatic carbocycles. The van der Waals surface area contributed by atoms with Gasteiger partial charge < -0.3 is 24.4 Å². The molecule has 43 heavy (non-hydrogen) atoms. The predicted molar refractivity (Wildman–Crippen MR) is 160 cm³/mol. The number of hydrogen-bond acceptors (Lipinski definition) is 7. The number of carbonyl (C=O) groups excluding carboxylic acids is 1. The van der Waals surface area contributed by atoms with E-state index in [-0.39, 0.29) is 17.1 Å². The standard InChI is InChI=1S/C32H30NO9P/c1-18-14-22(31(35)36)15-19(2)30(18)41-32(37)29-24-6-4-5-7-26(24)33(3)27-17-21(10-13-25(27)29)28(42-43(38,39)40)16-20-8-11-23(34)12-9-20/h4-17,25,27,29,34H,1-3H3,(H,35,36)(H2,38,39,40). The number of ether oxygens (including phenoxy) is 1. The molecule has 2 aliphatic rings. The van der Waals surface area contributed by atoms with Crippen LogP contribution in [0.2, 0.25) is 0 Å². The van der Waals surface area contributed by atoms with Crippen molar-refractivity contribution in [1.82, 2.24) is 0 Å². The Hall–Kier alpha value is -4.63. The average molecular weight is 604 g/mol. The highest BCUT2D eigenvalue weighted by atomic mass is 31.2. The monoisotopic (exact) mass is 603 g/mol. The number of carbonyl (C=O) groups is 2. The van der Waals surface area contributed by atoms with E-state index < -0.39 is 37.6 Å². The zero-order chi connectivity index (χ0) is 31.1. The second-order valence-electron chi connectivity index (χ2n) is 10.5. The number of carboxylic acid groups (broad SMARTS) is 1. The molecule has 5 rings (SSSR count). The van der Waals surface area contributed by atoms with Gasteiger partial charge in [-0.1, -0.05) is 48.6 Å². The number of phosphoric acid groups is 1. The summed E-state index contributed by atoms with van der Waals surface area (Å²) < 4.78 is 23.0. The van der Waals surface area contributed by atoms with Gasteiger partial charge in [-0.05, 0) is 72.5 Å². The molecule has 4 N–H and O–H groups in total. The maximum atomic E-state index is 13.9. The van der Waals surface area contributed by atoms with Crippen molar-refractivity contribution in [3.05, 3.63) is 118 Å². The molecule has 0 spiro atoms. The minimum absolute atomic E-state index is 0.0397. The number of rotatable bonds is 7. The first-order chi connectivity index (χ1) is 20.3. The van der Waals surface area contributed by atoms with Gasteiger partial charge in [0.1, 0.15) is 17.3 Å². The Morgan fingerprint density at radius 1 is 1.00 bits per heavy atom. The Labute approximate surface area is 248 Å². The summed E-state index contributed by atoms with van der Waals surface area (Å²) in [6.07, 6.45) is 6.72. The number of carboxylic acids is 1. The van der Waals surface area contributed by atoms with Crippen molar-refractivity contribution in [3.8, 4) is 11.5 Å². The van der Waals surface area contributed by atoms with Gasteiger partial charge in [0.2, 0.25) is 0 Å². The van der Waals surface area contributed by atoms with Crippen LogP contribution in [0.5, 0.6) is 11.5 Å². The van der Waals surface area contributed by atoms with E-state index >= 15 is 0 Å². The van der Waals surface area contributed by atoms with Crippen molar-refractivity contribution in [1.29, 1.82) is 0 Å². The highest BCUT2D eigenvalue weighted by molar-refractivity contribution is 7.46. The number of hydrogen-bond donors (Lipinski definition) is 4. The number of benzene rings is 3. The largest absolute Gasteiger partial charge is 0.524 e. The highest BCUT2D eigenvalue weighted by Crippen LogP contribution is 2.48. The van der Waals surface area contributed by atoms with Crippen LogP contribution in [-0.4, -0.2) is 45.0 Å². The fourth-order valence-corrected chi connectivity index (χ4v) is 6.07. The van der Waals surface area contributed by atoms with Crippen molar-refractivity contribution in [3.63, 3.8) is 0 Å². The van der Waals surface area contributed by atoms with Gasteiger partial charge in [0.05, 0.1) is 17.5 Å². The lowest BCUT2D eigenvalue weighted by Crippen LogP contribution is -2.47. The predicted octanol–water partition coefficient (Wildman–Crippen LogP) is 5.48. The zero-order valence-electron chi connectivity index (χ0n) is 23.5. The summed E-state index contributed by atoms with van der Waals surface area (Å²) in [5, 5.41) is 19.0. The maximum Gasteiger partial charge on any atom is 0.524 e. The van der Waals surface area contributed by atoms with Crippen molar-refractivity contribution >= 4 is 31.5 Å². The molecule has 0 radical (unpaired) electrons. The van der Waals surface area contributed by atoms with E-state index in [1.807, 2.05) is 36.2 Å². The quantitative estimate of drug-likeness (QED) is 0.118. The molecule has 0 saturated carbocycles. The SMILES string of the molecule is Cc1cc(C(=O)O)cc(C)c1OC(=O)C1c2ccccc2N(C)C2C=C(C(=Cc3ccc(O)cc3)OP(=O)(O)O)C=CC12. The first kappa shape index (κ1) is 29.8. The average Bonchev–Trinajstić information content (AvgIpc) is 2.95. The van der Waals surface area contributed by atoms with Crippen LogP contribution in [0.1, 0.15) is 38.5 Å². The highest BCUT2D eigenvalue weighted by Gasteiger charge is 2.44. The molecule has 222 valence electrons. The fraction of sp³-hybridized carbons (Fsp3) is 0.188. The molecular weight excluding hydrogens is 573 g/mol. The third-order valence-corrected chi connectivity index (χ3v) is 8.02. The van der Waals surface area contributed by atoms with Gasteiger partial charge in [0.15, 0.2) is 0 Å². The lowest BCUT2D eigenvalue weighted by molar-refractivity contribution is -0.137. The van der Waals surface area contributed by atoms with E-state index in [9.17, 15) is 34.2 Å². The van der Waals surface area contributed by atoms with Gasteiger partial charge in [-0.2, -0.15) is 0 Å². The number of likely N-dealkylation sites (N-methyl/N-ethyl adjacent to an activating group) is 1. The number of phenolic OH excluding ortho intramolecular Hbond substituents is 1. The number of allylic oxidation sites excluding steroid dienone is 1. The molecule has 0 saturated heterocycles. The zero-order valence-corrected chi connectivity index (χ0v) is 24.4. The Balaban J connectivity index is 1.54. The summed E-state index contributed by atoms with van der Waals surface area (Å²) in [5.41, 5.74) is 3.61. The van der Waals surface area contributed by atoms with Crippen molar-refractivity contribution in [2.45, 2.75) is 25.8 Å². The molecule has 3 atom stereocenters. The summed E-state index contributed by atoms with van der Waals surface area (Å²) in [5.74, 6) is -2.49. The molecule has 0 aromatic heterocycles. The van der Waals surface area contributed by atoms with Gasteiger partial charge in [0, 0.05) is 24.2 Å². The van der Waals surface area contributed by atoms with Crippen molar-refractivity contribution < 1.29 is 43.4 Å². The number of aromatic hydroxyl groups is 1. The number of phosphoric ester groups is 1. The third-order valence-electron chi connectivity index (χ3n) is 7.58. The van der Waals surface area contributed by atoms with E-state index in [0.717, 1.165) is 11.3 Å². The van der Waals surface area contributed by atoms with Crippen LogP contribution in [0.25, 0.3) is 6.08 Å². The Morgan fingerprint density at radius 3 is 2.28 bits per heavy atom. The second-order valence-corrected chi connectivity index (χ2v) is 11.7. The van der Waals surface area contributed by atoms with Crippen molar-refractivity contribution in [2.75, 3.05) is 11.9 Å². The minimum Gasteiger partial charge on any atom is -0.508 e. The number of anilines is 1. The first-order valence-corrected chi connectivity index (χ1v) is 14.9. The normalized spacial score (nSPS) is 19.7. The molecule has 10 nitrogen and oxygen atoms in total. The van der Waals surface area contributed by atoms with Gasteiger partial charge in [-0.3, -0.25) is 14.6 Å². The number of para-hydroxylation sites is 1. The molecule has 1 aliphatic heterocycles. The number of phenols is 1. The van der Waals surface area contributed by atoms with Gasteiger partial charge in [0.25, 0.3) is 0 Å². The summed E-state index contributed by atoms with van der Waals surface area (Å²) >= 11 is 0. The summed E-state index contributed by atoms with van der Waals surface area (Å²) in [7, 11) is -3.07. The smallest absolute Gasteiger partial charge is 0.508 e. The molecule has 1 heterocycles. The van der Waals surface area contributed by atoms with Gasteiger partial charge >= 0.3 is 19.8 Å². The number of fused-ring (bicyclic) bond motifs is 2. The maximum absolute atomic E-state index is 13.9. The number of nitrogens with zero attached hydrogens (tertiary/aromatic N) is 1. The summed E-state index contributed by atoms with van der Waals surface area (Å²) in [4.78, 5) is 46.7. The Morgan fingerprint density at radius 2 is 1.65 bits per heavy atom. The van der Waals surface area contributed by atoms with Crippen LogP contribution in [0.15, 0.2) is 90.2 Å². The van der Waals surface area contributed by atoms with Crippen LogP contribution in [0.3, 0.4) is 0 Å². The molecule has 0 amide bonds. The molecule has 1 aliphatic carbocycles. The number of esters is 1. The van der Waals surface area contributed by atoms with E-state index in [2.05, 4.69) is 0 Å². The van der Waals surface area contributed by atoms with Crippen LogP contribution in [0, 0.1) is 19.8 Å². The molecule has 11 heteroatoms. The van der Waals surface area contributed by atoms with Crippen LogP contribution < -0.4 is 9.64 Å². The molecule has 3 unspecified atom stereocenters. The molecular formula is C32H30NO9P. The number of aromatic carboxylic acids is 1. The van der Waals surface area contributed by atoms with Gasteiger partial charge in [-0.25, -0.2) is 9.36 Å². The fourth-order valence-electron chi connectivity index (χ4n) is 5.66. The van der Waals surface area contributed by atoms with E-state index in [1.54, 1.807) is 44.2 Å². The lowest BCUT2D eigenvalue weighted by Gasteiger charge is -2.44. The summed E-state index contributed by atoms with van der Waals surface area (Å²) in [6, 6.07) is 16.0. The molecule has 0 bridgehead atoms. The topological polar surface area (TPSA) is 154 Å². The van der Waals surface area contributed by atoms with Crippen LogP contribution >= 0.6 is 7.82 Å². The third kappa shape index (κ3) is 6.27. The van der Waals surface area contributed by atoms with Crippen LogP contribution in [-0.2, 0) is 13.9 Å². The Kier molecular flexibility index (Phi) is 8.03. The second kappa shape index (κ2) is 11.6. The van der Waals surface area contributed by atoms with Crippen molar-refractivity contribution in [2.24, 2.45) is 5.92 Å². The van der Waals surface area contributed by atoms with Gasteiger partial charge in [-0.15, -0.1) is 0 Å². The Bertz CT molecular complexity index is 1710. The minimum atomic E-state index is -4.94. The van der Waals surface area contributed by atoms with Crippen LogP contribution in [0.4, 0.5) is 5.69 Å². The lowest BCUT2D eigenvalue weighted by atomic mass is 9.73. The molecule has 3 aromatic rings. The summed E-state index contributed by atoms with van der Waals surface area (Å²) in [6.45, 7) is 3.37. The van der Waals surface area contributed by atoms with E-state index in [1.165, 1.54) is 30.3 Å². The number of aryl methyl sites for hydroxylation is 2. The van der Waals surface area contributed by atoms with E-state index in [0.29, 0.717) is 28.0 Å². The molecule has 0 fully saturated rings. The van der Waals surface area contributed by atoms with E-state index in [4.69, 9.17) is 9.26 Å². The first-order valence-electron chi connectivity index (χ1n) is 13.4.